The molecule has 7 nitrogen and oxygen atoms in total. The molecule has 1 fully saturated rings. The van der Waals surface area contributed by atoms with E-state index in [9.17, 15) is 13.2 Å². The number of thiophene rings is 1. The molecule has 1 N–H and O–H groups in total. The summed E-state index contributed by atoms with van der Waals surface area (Å²) in [6.45, 7) is 1.49. The van der Waals surface area contributed by atoms with Crippen molar-refractivity contribution in [1.82, 2.24) is 14.2 Å². The van der Waals surface area contributed by atoms with Gasteiger partial charge in [0.25, 0.3) is 0 Å². The molecule has 9 heteroatoms. The number of nitrogens with zero attached hydrogens (tertiary/aromatic N) is 3. The van der Waals surface area contributed by atoms with E-state index in [4.69, 9.17) is 0 Å². The molecule has 0 unspecified atom stereocenters. The van der Waals surface area contributed by atoms with Crippen LogP contribution in [-0.2, 0) is 14.8 Å². The number of anilines is 2. The molecule has 0 radical (unpaired) electrons. The van der Waals surface area contributed by atoms with Crippen LogP contribution in [-0.4, -0.2) is 55.2 Å². The fourth-order valence-electron chi connectivity index (χ4n) is 2.83. The number of carbonyl (C=O) groups is 1. The fourth-order valence-corrected chi connectivity index (χ4v) is 5.88. The number of aromatic nitrogens is 1. The fraction of sp³-hybridized carbons (Fsp3) is 0.286. The summed E-state index contributed by atoms with van der Waals surface area (Å²) in [6.07, 6.45) is 4.12. The largest absolute Gasteiger partial charge is 0.345 e. The summed E-state index contributed by atoms with van der Waals surface area (Å²) in [5.74, 6) is 0. The van der Waals surface area contributed by atoms with Crippen LogP contribution in [0.4, 0.5) is 10.7 Å². The SMILES string of the molecule is O=CN1CCN(S(=O)(=O)c2cc3sc2-c2ccncc2N3)CC1. The third-order valence-electron chi connectivity index (χ3n) is 4.06. The maximum absolute atomic E-state index is 13.0. The van der Waals surface area contributed by atoms with Gasteiger partial charge in [-0.25, -0.2) is 8.42 Å². The summed E-state index contributed by atoms with van der Waals surface area (Å²) in [4.78, 5) is 17.5. The highest BCUT2D eigenvalue weighted by atomic mass is 32.2. The number of sulfonamides is 1. The second-order valence-electron chi connectivity index (χ2n) is 5.40. The molecule has 4 heterocycles. The lowest BCUT2D eigenvalue weighted by Gasteiger charge is -2.31. The monoisotopic (exact) mass is 350 g/mol. The summed E-state index contributed by atoms with van der Waals surface area (Å²) < 4.78 is 27.4. The highest BCUT2D eigenvalue weighted by Gasteiger charge is 2.33. The summed E-state index contributed by atoms with van der Waals surface area (Å²) in [5, 5.41) is 3.99. The number of carbonyl (C=O) groups excluding carboxylic acids is 1. The van der Waals surface area contributed by atoms with Gasteiger partial charge >= 0.3 is 0 Å². The summed E-state index contributed by atoms with van der Waals surface area (Å²) in [6, 6.07) is 3.50. The van der Waals surface area contributed by atoms with E-state index in [0.717, 1.165) is 27.5 Å². The molecular formula is C14H14N4O3S2. The Morgan fingerprint density at radius 2 is 2.04 bits per heavy atom. The quantitative estimate of drug-likeness (QED) is 0.721. The minimum absolute atomic E-state index is 0.322. The highest BCUT2D eigenvalue weighted by Crippen LogP contribution is 2.47. The Balaban J connectivity index is 1.72. The van der Waals surface area contributed by atoms with Crippen LogP contribution in [0, 0.1) is 0 Å². The lowest BCUT2D eigenvalue weighted by molar-refractivity contribution is -0.119. The van der Waals surface area contributed by atoms with Crippen molar-refractivity contribution in [2.75, 3.05) is 31.5 Å². The first-order chi connectivity index (χ1) is 11.1. The predicted octanol–water partition coefficient (Wildman–Crippen LogP) is 1.33. The molecule has 0 aliphatic carbocycles. The Morgan fingerprint density at radius 1 is 1.26 bits per heavy atom. The Kier molecular flexibility index (Phi) is 3.36. The van der Waals surface area contributed by atoms with Crippen LogP contribution in [0.3, 0.4) is 0 Å². The average molecular weight is 350 g/mol. The average Bonchev–Trinajstić information content (AvgIpc) is 2.93. The van der Waals surface area contributed by atoms with E-state index in [2.05, 4.69) is 10.3 Å². The van der Waals surface area contributed by atoms with Crippen molar-refractivity contribution in [3.05, 3.63) is 24.5 Å². The molecule has 0 atom stereocenters. The van der Waals surface area contributed by atoms with E-state index in [1.807, 2.05) is 6.07 Å². The van der Waals surface area contributed by atoms with Crippen LogP contribution in [0.5, 0.6) is 0 Å². The van der Waals surface area contributed by atoms with E-state index in [1.54, 1.807) is 23.4 Å². The molecule has 2 aliphatic heterocycles. The third-order valence-corrected chi connectivity index (χ3v) is 7.20. The Hall–Kier alpha value is -1.97. The maximum atomic E-state index is 13.0. The second-order valence-corrected chi connectivity index (χ2v) is 8.35. The molecule has 4 rings (SSSR count). The molecule has 0 spiro atoms. The number of rotatable bonds is 3. The smallest absolute Gasteiger partial charge is 0.244 e. The number of hydrogen-bond acceptors (Lipinski definition) is 6. The molecule has 2 aromatic heterocycles. The number of nitrogens with one attached hydrogen (secondary N) is 1. The highest BCUT2D eigenvalue weighted by molar-refractivity contribution is 7.89. The molecule has 2 bridgehead atoms. The molecule has 0 aromatic carbocycles. The van der Waals surface area contributed by atoms with E-state index < -0.39 is 10.0 Å². The van der Waals surface area contributed by atoms with Gasteiger partial charge in [-0.15, -0.1) is 11.3 Å². The molecular weight excluding hydrogens is 336 g/mol. The first-order valence-corrected chi connectivity index (χ1v) is 9.40. The summed E-state index contributed by atoms with van der Waals surface area (Å²) in [5.41, 5.74) is 1.68. The molecule has 23 heavy (non-hydrogen) atoms. The van der Waals surface area contributed by atoms with Crippen molar-refractivity contribution in [3.8, 4) is 10.4 Å². The maximum Gasteiger partial charge on any atom is 0.244 e. The van der Waals surface area contributed by atoms with Crippen molar-refractivity contribution in [3.63, 3.8) is 0 Å². The van der Waals surface area contributed by atoms with Crippen molar-refractivity contribution in [2.24, 2.45) is 0 Å². The summed E-state index contributed by atoms with van der Waals surface area (Å²) >= 11 is 1.43. The molecule has 1 amide bonds. The van der Waals surface area contributed by atoms with E-state index in [1.165, 1.54) is 15.6 Å². The third kappa shape index (κ3) is 2.32. The van der Waals surface area contributed by atoms with Gasteiger partial charge in [0.1, 0.15) is 4.90 Å². The lowest BCUT2D eigenvalue weighted by Crippen LogP contribution is -2.47. The van der Waals surface area contributed by atoms with Crippen LogP contribution in [0.1, 0.15) is 0 Å². The van der Waals surface area contributed by atoms with Gasteiger partial charge in [-0.1, -0.05) is 0 Å². The van der Waals surface area contributed by atoms with Gasteiger partial charge in [-0.05, 0) is 12.1 Å². The van der Waals surface area contributed by atoms with E-state index in [-0.39, 0.29) is 0 Å². The lowest BCUT2D eigenvalue weighted by atomic mass is 10.2. The second kappa shape index (κ2) is 5.29. The first kappa shape index (κ1) is 14.6. The molecule has 2 aromatic rings. The Morgan fingerprint density at radius 3 is 2.78 bits per heavy atom. The van der Waals surface area contributed by atoms with Crippen LogP contribution < -0.4 is 5.32 Å². The van der Waals surface area contributed by atoms with Gasteiger partial charge in [0, 0.05) is 37.9 Å². The van der Waals surface area contributed by atoms with Crippen LogP contribution in [0.25, 0.3) is 10.4 Å². The normalized spacial score (nSPS) is 17.5. The topological polar surface area (TPSA) is 82.6 Å². The van der Waals surface area contributed by atoms with Gasteiger partial charge in [0.05, 0.1) is 21.8 Å². The van der Waals surface area contributed by atoms with Crippen LogP contribution >= 0.6 is 11.3 Å². The minimum Gasteiger partial charge on any atom is -0.345 e. The number of amides is 1. The molecule has 2 aliphatic rings. The number of fused-ring (bicyclic) bond motifs is 4. The zero-order valence-electron chi connectivity index (χ0n) is 12.1. The first-order valence-electron chi connectivity index (χ1n) is 7.14. The van der Waals surface area contributed by atoms with Crippen molar-refractivity contribution < 1.29 is 13.2 Å². The predicted molar refractivity (Wildman–Crippen MR) is 87.2 cm³/mol. The minimum atomic E-state index is -3.58. The number of hydrogen-bond donors (Lipinski definition) is 1. The van der Waals surface area contributed by atoms with Gasteiger partial charge < -0.3 is 10.2 Å². The Labute approximate surface area is 137 Å². The van der Waals surface area contributed by atoms with E-state index in [0.29, 0.717) is 31.1 Å². The Bertz CT molecular complexity index is 870. The number of piperazine rings is 1. The van der Waals surface area contributed by atoms with Crippen molar-refractivity contribution >= 4 is 38.5 Å². The zero-order chi connectivity index (χ0) is 16.0. The molecule has 1 saturated heterocycles. The van der Waals surface area contributed by atoms with Crippen molar-refractivity contribution in [2.45, 2.75) is 4.90 Å². The van der Waals surface area contributed by atoms with Crippen LogP contribution in [0.15, 0.2) is 29.4 Å². The van der Waals surface area contributed by atoms with Gasteiger partial charge in [-0.2, -0.15) is 4.31 Å². The van der Waals surface area contributed by atoms with Gasteiger partial charge in [0.15, 0.2) is 0 Å². The van der Waals surface area contributed by atoms with E-state index >= 15 is 0 Å². The summed E-state index contributed by atoms with van der Waals surface area (Å²) in [7, 11) is -3.58. The molecule has 0 saturated carbocycles. The van der Waals surface area contributed by atoms with Crippen LogP contribution in [0.2, 0.25) is 0 Å². The molecule has 120 valence electrons. The van der Waals surface area contributed by atoms with Gasteiger partial charge in [-0.3, -0.25) is 9.78 Å². The number of pyridine rings is 1. The zero-order valence-corrected chi connectivity index (χ0v) is 13.7. The van der Waals surface area contributed by atoms with Gasteiger partial charge in [0.2, 0.25) is 16.4 Å². The van der Waals surface area contributed by atoms with Crippen molar-refractivity contribution in [1.29, 1.82) is 0 Å². The standard InChI is InChI=1S/C14H14N4O3S2/c19-9-17-3-5-18(6-4-17)23(20,21)12-7-13-16-11-8-15-2-1-10(11)14(12)22-13/h1-2,7-9,16H,3-6H2.